The Balaban J connectivity index is 1.30. The zero-order valence-corrected chi connectivity index (χ0v) is 16.9. The van der Waals surface area contributed by atoms with E-state index in [4.69, 9.17) is 0 Å². The molecule has 1 heterocycles. The number of anilines is 1. The summed E-state index contributed by atoms with van der Waals surface area (Å²) >= 11 is 1.42. The number of nitrogens with zero attached hydrogens (tertiary/aromatic N) is 1. The van der Waals surface area contributed by atoms with Crippen molar-refractivity contribution in [3.8, 4) is 11.3 Å². The molecule has 1 aliphatic rings. The molecule has 0 spiro atoms. The number of hydrogen-bond donors (Lipinski definition) is 2. The second-order valence-corrected chi connectivity index (χ2v) is 8.01. The van der Waals surface area contributed by atoms with Gasteiger partial charge in [0.2, 0.25) is 5.91 Å². The predicted octanol–water partition coefficient (Wildman–Crippen LogP) is 4.45. The molecule has 0 saturated carbocycles. The van der Waals surface area contributed by atoms with Gasteiger partial charge < -0.3 is 10.6 Å². The SMILES string of the molecule is O=C(CCNC(=O)c1ccccc1)Nc1nc(-c2ccc3c(c2)CCCC3)cs1. The van der Waals surface area contributed by atoms with Gasteiger partial charge in [0.1, 0.15) is 0 Å². The summed E-state index contributed by atoms with van der Waals surface area (Å²) in [5.41, 5.74) is 5.43. The maximum atomic E-state index is 12.2. The number of rotatable bonds is 6. The van der Waals surface area contributed by atoms with Crippen LogP contribution in [0.1, 0.15) is 40.7 Å². The summed E-state index contributed by atoms with van der Waals surface area (Å²) in [4.78, 5) is 28.7. The van der Waals surface area contributed by atoms with Crippen LogP contribution >= 0.6 is 11.3 Å². The van der Waals surface area contributed by atoms with Crippen LogP contribution in [0.25, 0.3) is 11.3 Å². The Bertz CT molecular complexity index is 1010. The highest BCUT2D eigenvalue weighted by atomic mass is 32.1. The van der Waals surface area contributed by atoms with Crippen LogP contribution < -0.4 is 10.6 Å². The van der Waals surface area contributed by atoms with E-state index in [1.165, 1.54) is 35.3 Å². The van der Waals surface area contributed by atoms with Crippen molar-refractivity contribution in [3.63, 3.8) is 0 Å². The number of fused-ring (bicyclic) bond motifs is 1. The third-order valence-electron chi connectivity index (χ3n) is 5.07. The quantitative estimate of drug-likeness (QED) is 0.637. The minimum absolute atomic E-state index is 0.162. The molecule has 1 aromatic heterocycles. The number of aryl methyl sites for hydroxylation is 2. The minimum atomic E-state index is -0.178. The number of hydrogen-bond acceptors (Lipinski definition) is 4. The van der Waals surface area contributed by atoms with Crippen molar-refractivity contribution in [2.24, 2.45) is 0 Å². The summed E-state index contributed by atoms with van der Waals surface area (Å²) in [5.74, 6) is -0.341. The molecule has 1 aliphatic carbocycles. The van der Waals surface area contributed by atoms with E-state index in [2.05, 4.69) is 33.8 Å². The lowest BCUT2D eigenvalue weighted by atomic mass is 9.90. The normalized spacial score (nSPS) is 12.8. The highest BCUT2D eigenvalue weighted by molar-refractivity contribution is 7.14. The molecule has 2 amide bonds. The molecule has 0 radical (unpaired) electrons. The van der Waals surface area contributed by atoms with Gasteiger partial charge in [-0.3, -0.25) is 9.59 Å². The van der Waals surface area contributed by atoms with Crippen LogP contribution in [0, 0.1) is 0 Å². The first-order valence-electron chi connectivity index (χ1n) is 9.90. The zero-order chi connectivity index (χ0) is 20.1. The summed E-state index contributed by atoms with van der Waals surface area (Å²) in [7, 11) is 0. The van der Waals surface area contributed by atoms with E-state index < -0.39 is 0 Å². The third kappa shape index (κ3) is 4.90. The summed E-state index contributed by atoms with van der Waals surface area (Å²) in [6, 6.07) is 15.5. The van der Waals surface area contributed by atoms with Gasteiger partial charge in [0.15, 0.2) is 5.13 Å². The molecule has 2 aromatic carbocycles. The molecular formula is C23H23N3O2S. The molecular weight excluding hydrogens is 382 g/mol. The van der Waals surface area contributed by atoms with Crippen LogP contribution in [0.2, 0.25) is 0 Å². The number of benzene rings is 2. The first-order chi connectivity index (χ1) is 14.2. The van der Waals surface area contributed by atoms with E-state index in [9.17, 15) is 9.59 Å². The van der Waals surface area contributed by atoms with Gasteiger partial charge in [-0.05, 0) is 55.0 Å². The van der Waals surface area contributed by atoms with E-state index in [0.29, 0.717) is 10.7 Å². The second kappa shape index (κ2) is 9.01. The van der Waals surface area contributed by atoms with Gasteiger partial charge >= 0.3 is 0 Å². The van der Waals surface area contributed by atoms with Crippen molar-refractivity contribution in [2.75, 3.05) is 11.9 Å². The Hall–Kier alpha value is -2.99. The van der Waals surface area contributed by atoms with Crippen LogP contribution in [-0.2, 0) is 17.6 Å². The average molecular weight is 406 g/mol. The molecule has 0 unspecified atom stereocenters. The van der Waals surface area contributed by atoms with Crippen LogP contribution in [0.4, 0.5) is 5.13 Å². The summed E-state index contributed by atoms with van der Waals surface area (Å²) < 4.78 is 0. The number of carbonyl (C=O) groups excluding carboxylic acids is 2. The van der Waals surface area contributed by atoms with Gasteiger partial charge in [-0.1, -0.05) is 30.3 Å². The number of nitrogens with one attached hydrogen (secondary N) is 2. The van der Waals surface area contributed by atoms with Gasteiger partial charge in [0, 0.05) is 29.5 Å². The molecule has 3 aromatic rings. The molecule has 4 rings (SSSR count). The Morgan fingerprint density at radius 2 is 1.79 bits per heavy atom. The fourth-order valence-electron chi connectivity index (χ4n) is 3.52. The summed E-state index contributed by atoms with van der Waals surface area (Å²) in [6.07, 6.45) is 5.01. The molecule has 0 bridgehead atoms. The van der Waals surface area contributed by atoms with Crippen molar-refractivity contribution < 1.29 is 9.59 Å². The van der Waals surface area contributed by atoms with Crippen LogP contribution in [-0.4, -0.2) is 23.3 Å². The highest BCUT2D eigenvalue weighted by Gasteiger charge is 2.13. The van der Waals surface area contributed by atoms with Gasteiger partial charge in [-0.2, -0.15) is 0 Å². The molecule has 148 valence electrons. The van der Waals surface area contributed by atoms with Gasteiger partial charge in [-0.25, -0.2) is 4.98 Å². The van der Waals surface area contributed by atoms with E-state index in [-0.39, 0.29) is 24.8 Å². The molecule has 0 aliphatic heterocycles. The Morgan fingerprint density at radius 3 is 2.62 bits per heavy atom. The van der Waals surface area contributed by atoms with E-state index in [1.807, 2.05) is 23.6 Å². The topological polar surface area (TPSA) is 71.1 Å². The van der Waals surface area contributed by atoms with Crippen LogP contribution in [0.3, 0.4) is 0 Å². The fourth-order valence-corrected chi connectivity index (χ4v) is 4.26. The first-order valence-corrected chi connectivity index (χ1v) is 10.8. The smallest absolute Gasteiger partial charge is 0.251 e. The van der Waals surface area contributed by atoms with Crippen molar-refractivity contribution in [3.05, 3.63) is 70.6 Å². The lowest BCUT2D eigenvalue weighted by Gasteiger charge is -2.16. The number of thiazole rings is 1. The Morgan fingerprint density at radius 1 is 1.00 bits per heavy atom. The van der Waals surface area contributed by atoms with Gasteiger partial charge in [0.05, 0.1) is 5.69 Å². The molecule has 29 heavy (non-hydrogen) atoms. The van der Waals surface area contributed by atoms with Crippen LogP contribution in [0.15, 0.2) is 53.9 Å². The van der Waals surface area contributed by atoms with E-state index in [0.717, 1.165) is 24.1 Å². The summed E-state index contributed by atoms with van der Waals surface area (Å²) in [6.45, 7) is 0.280. The van der Waals surface area contributed by atoms with Crippen molar-refractivity contribution in [2.45, 2.75) is 32.1 Å². The molecule has 0 saturated heterocycles. The van der Waals surface area contributed by atoms with Gasteiger partial charge in [0.25, 0.3) is 5.91 Å². The minimum Gasteiger partial charge on any atom is -0.352 e. The largest absolute Gasteiger partial charge is 0.352 e. The Kier molecular flexibility index (Phi) is 6.00. The summed E-state index contributed by atoms with van der Waals surface area (Å²) in [5, 5.41) is 8.13. The monoisotopic (exact) mass is 405 g/mol. The molecule has 2 N–H and O–H groups in total. The van der Waals surface area contributed by atoms with Gasteiger partial charge in [-0.15, -0.1) is 11.3 Å². The molecule has 0 atom stereocenters. The van der Waals surface area contributed by atoms with E-state index in [1.54, 1.807) is 12.1 Å². The number of aromatic nitrogens is 1. The lowest BCUT2D eigenvalue weighted by Crippen LogP contribution is -2.27. The second-order valence-electron chi connectivity index (χ2n) is 7.15. The first kappa shape index (κ1) is 19.3. The zero-order valence-electron chi connectivity index (χ0n) is 16.1. The van der Waals surface area contributed by atoms with Crippen molar-refractivity contribution >= 4 is 28.3 Å². The predicted molar refractivity (Wildman–Crippen MR) is 116 cm³/mol. The maximum Gasteiger partial charge on any atom is 0.251 e. The standard InChI is InChI=1S/C23H23N3O2S/c27-21(12-13-24-22(28)17-7-2-1-3-8-17)26-23-25-20(15-29-23)19-11-10-16-6-4-5-9-18(16)14-19/h1-3,7-8,10-11,14-15H,4-6,9,12-13H2,(H,24,28)(H,25,26,27). The number of amides is 2. The molecule has 0 fully saturated rings. The lowest BCUT2D eigenvalue weighted by molar-refractivity contribution is -0.116. The third-order valence-corrected chi connectivity index (χ3v) is 5.83. The fraction of sp³-hybridized carbons (Fsp3) is 0.261. The maximum absolute atomic E-state index is 12.2. The highest BCUT2D eigenvalue weighted by Crippen LogP contribution is 2.29. The van der Waals surface area contributed by atoms with E-state index >= 15 is 0 Å². The molecule has 6 heteroatoms. The van der Waals surface area contributed by atoms with Crippen molar-refractivity contribution in [1.29, 1.82) is 0 Å². The van der Waals surface area contributed by atoms with Crippen LogP contribution in [0.5, 0.6) is 0 Å². The van der Waals surface area contributed by atoms with Crippen molar-refractivity contribution in [1.82, 2.24) is 10.3 Å². The Labute approximate surface area is 174 Å². The number of carbonyl (C=O) groups is 2. The average Bonchev–Trinajstić information content (AvgIpc) is 3.22. The molecule has 5 nitrogen and oxygen atoms in total.